The zero-order chi connectivity index (χ0) is 15.2. The molecule has 5 N–H and O–H groups in total. The summed E-state index contributed by atoms with van der Waals surface area (Å²) < 4.78 is 5.33. The van der Waals surface area contributed by atoms with Gasteiger partial charge in [-0.1, -0.05) is 6.07 Å². The largest absolute Gasteiger partial charge is 0.492 e. The lowest BCUT2D eigenvalue weighted by atomic mass is 10.3. The average Bonchev–Trinajstić information content (AvgIpc) is 2.44. The Morgan fingerprint density at radius 3 is 2.76 bits per heavy atom. The zero-order valence-electron chi connectivity index (χ0n) is 11.0. The Bertz CT molecular complexity index is 722. The molecule has 0 spiro atoms. The summed E-state index contributed by atoms with van der Waals surface area (Å²) >= 11 is 0. The van der Waals surface area contributed by atoms with Crippen molar-refractivity contribution in [1.29, 1.82) is 0 Å². The molecule has 1 heterocycles. The maximum Gasteiger partial charge on any atom is 0.326 e. The van der Waals surface area contributed by atoms with Crippen molar-refractivity contribution in [3.63, 3.8) is 0 Å². The summed E-state index contributed by atoms with van der Waals surface area (Å²) in [5.74, 6) is -0.0492. The summed E-state index contributed by atoms with van der Waals surface area (Å²) in [4.78, 5) is 38.4. The minimum atomic E-state index is -0.743. The molecular formula is C13H14N4O4. The number of carbonyl (C=O) groups is 1. The maximum atomic E-state index is 11.9. The SMILES string of the molecule is NCCOc1cccc(NC(=O)c2cc(=O)[nH]c(=O)[nH]2)c1. The number of nitrogens with two attached hydrogens (primary N) is 1. The number of rotatable bonds is 5. The Balaban J connectivity index is 2.15. The van der Waals surface area contributed by atoms with Gasteiger partial charge in [-0.2, -0.15) is 0 Å². The van der Waals surface area contributed by atoms with Crippen LogP contribution in [0.3, 0.4) is 0 Å². The van der Waals surface area contributed by atoms with Crippen molar-refractivity contribution in [3.8, 4) is 5.75 Å². The van der Waals surface area contributed by atoms with Crippen LogP contribution in [0.5, 0.6) is 5.75 Å². The van der Waals surface area contributed by atoms with Gasteiger partial charge in [-0.15, -0.1) is 0 Å². The number of ether oxygens (including phenoxy) is 1. The van der Waals surface area contributed by atoms with Crippen molar-refractivity contribution in [3.05, 3.63) is 56.9 Å². The third-order valence-corrected chi connectivity index (χ3v) is 2.48. The first-order chi connectivity index (χ1) is 10.1. The molecule has 0 aliphatic rings. The predicted octanol–water partition coefficient (Wildman–Crippen LogP) is -0.347. The number of hydrogen-bond acceptors (Lipinski definition) is 5. The Kier molecular flexibility index (Phi) is 4.52. The lowest BCUT2D eigenvalue weighted by Gasteiger charge is -2.08. The second kappa shape index (κ2) is 6.53. The molecule has 0 unspecified atom stereocenters. The number of hydrogen-bond donors (Lipinski definition) is 4. The number of amides is 1. The molecule has 0 saturated carbocycles. The predicted molar refractivity (Wildman–Crippen MR) is 76.6 cm³/mol. The van der Waals surface area contributed by atoms with Gasteiger partial charge in [-0.05, 0) is 12.1 Å². The van der Waals surface area contributed by atoms with Crippen LogP contribution in [0.1, 0.15) is 10.5 Å². The van der Waals surface area contributed by atoms with E-state index in [1.54, 1.807) is 24.3 Å². The van der Waals surface area contributed by atoms with Gasteiger partial charge in [-0.3, -0.25) is 14.6 Å². The molecule has 1 aromatic carbocycles. The van der Waals surface area contributed by atoms with E-state index in [1.807, 2.05) is 4.98 Å². The molecular weight excluding hydrogens is 276 g/mol. The summed E-state index contributed by atoms with van der Waals surface area (Å²) in [6.07, 6.45) is 0. The molecule has 0 radical (unpaired) electrons. The van der Waals surface area contributed by atoms with Crippen molar-refractivity contribution >= 4 is 11.6 Å². The quantitative estimate of drug-likeness (QED) is 0.598. The van der Waals surface area contributed by atoms with Gasteiger partial charge in [0.1, 0.15) is 18.1 Å². The summed E-state index contributed by atoms with van der Waals surface area (Å²) in [5.41, 5.74) is 4.29. The van der Waals surface area contributed by atoms with Gasteiger partial charge in [0.15, 0.2) is 0 Å². The van der Waals surface area contributed by atoms with Crippen LogP contribution in [0.2, 0.25) is 0 Å². The van der Waals surface area contributed by atoms with E-state index in [9.17, 15) is 14.4 Å². The van der Waals surface area contributed by atoms with Gasteiger partial charge in [0.25, 0.3) is 11.5 Å². The fourth-order valence-corrected chi connectivity index (χ4v) is 1.63. The smallest absolute Gasteiger partial charge is 0.326 e. The number of benzene rings is 1. The monoisotopic (exact) mass is 290 g/mol. The Hall–Kier alpha value is -2.87. The normalized spacial score (nSPS) is 10.1. The molecule has 0 aliphatic heterocycles. The van der Waals surface area contributed by atoms with Crippen molar-refractivity contribution in [2.75, 3.05) is 18.5 Å². The molecule has 8 heteroatoms. The van der Waals surface area contributed by atoms with Gasteiger partial charge in [-0.25, -0.2) is 4.79 Å². The van der Waals surface area contributed by atoms with E-state index >= 15 is 0 Å². The van der Waals surface area contributed by atoms with Crippen LogP contribution in [0, 0.1) is 0 Å². The standard InChI is InChI=1S/C13H14N4O4/c14-4-5-21-9-3-1-2-8(6-9)15-12(19)10-7-11(18)17-13(20)16-10/h1-3,6-7H,4-5,14H2,(H,15,19)(H2,16,17,18,20). The highest BCUT2D eigenvalue weighted by molar-refractivity contribution is 6.02. The number of aromatic amines is 2. The van der Waals surface area contributed by atoms with E-state index in [0.29, 0.717) is 24.6 Å². The van der Waals surface area contributed by atoms with Crippen LogP contribution in [0.15, 0.2) is 39.9 Å². The van der Waals surface area contributed by atoms with Crippen LogP contribution >= 0.6 is 0 Å². The first-order valence-corrected chi connectivity index (χ1v) is 6.16. The van der Waals surface area contributed by atoms with Crippen LogP contribution in [-0.2, 0) is 0 Å². The second-order valence-corrected chi connectivity index (χ2v) is 4.12. The summed E-state index contributed by atoms with van der Waals surface area (Å²) in [6.45, 7) is 0.739. The molecule has 1 amide bonds. The van der Waals surface area contributed by atoms with Gasteiger partial charge >= 0.3 is 5.69 Å². The third kappa shape index (κ3) is 4.05. The number of aromatic nitrogens is 2. The van der Waals surface area contributed by atoms with Crippen molar-refractivity contribution in [2.45, 2.75) is 0 Å². The fourth-order valence-electron chi connectivity index (χ4n) is 1.63. The minimum absolute atomic E-state index is 0.128. The average molecular weight is 290 g/mol. The first kappa shape index (κ1) is 14.5. The number of carbonyl (C=O) groups excluding carboxylic acids is 1. The van der Waals surface area contributed by atoms with Gasteiger partial charge in [0, 0.05) is 24.4 Å². The van der Waals surface area contributed by atoms with Crippen LogP contribution < -0.4 is 27.0 Å². The highest BCUT2D eigenvalue weighted by atomic mass is 16.5. The van der Waals surface area contributed by atoms with Crippen LogP contribution in [0.4, 0.5) is 5.69 Å². The van der Waals surface area contributed by atoms with Crippen molar-refractivity contribution < 1.29 is 9.53 Å². The summed E-state index contributed by atoms with van der Waals surface area (Å²) in [6, 6.07) is 7.69. The number of anilines is 1. The van der Waals surface area contributed by atoms with Gasteiger partial charge in [0.05, 0.1) is 0 Å². The van der Waals surface area contributed by atoms with E-state index < -0.39 is 17.2 Å². The topological polar surface area (TPSA) is 130 Å². The molecule has 1 aromatic heterocycles. The van der Waals surface area contributed by atoms with Crippen molar-refractivity contribution in [2.24, 2.45) is 5.73 Å². The zero-order valence-corrected chi connectivity index (χ0v) is 11.0. The summed E-state index contributed by atoms with van der Waals surface area (Å²) in [5, 5.41) is 2.56. The van der Waals surface area contributed by atoms with Crippen LogP contribution in [-0.4, -0.2) is 29.0 Å². The molecule has 0 saturated heterocycles. The van der Waals surface area contributed by atoms with E-state index in [0.717, 1.165) is 6.07 Å². The molecule has 0 fully saturated rings. The highest BCUT2D eigenvalue weighted by Crippen LogP contribution is 2.17. The molecule has 8 nitrogen and oxygen atoms in total. The van der Waals surface area contributed by atoms with E-state index in [-0.39, 0.29) is 5.69 Å². The molecule has 0 aliphatic carbocycles. The molecule has 110 valence electrons. The van der Waals surface area contributed by atoms with E-state index in [1.165, 1.54) is 0 Å². The molecule has 0 bridgehead atoms. The van der Waals surface area contributed by atoms with Crippen LogP contribution in [0.25, 0.3) is 0 Å². The summed E-state index contributed by atoms with van der Waals surface area (Å²) in [7, 11) is 0. The minimum Gasteiger partial charge on any atom is -0.492 e. The van der Waals surface area contributed by atoms with E-state index in [2.05, 4.69) is 10.3 Å². The number of nitrogens with one attached hydrogen (secondary N) is 3. The Labute approximate surface area is 119 Å². The Morgan fingerprint density at radius 1 is 1.24 bits per heavy atom. The number of H-pyrrole nitrogens is 2. The third-order valence-electron chi connectivity index (χ3n) is 2.48. The van der Waals surface area contributed by atoms with Gasteiger partial charge in [0.2, 0.25) is 0 Å². The Morgan fingerprint density at radius 2 is 2.05 bits per heavy atom. The molecule has 2 rings (SSSR count). The molecule has 0 atom stereocenters. The fraction of sp³-hybridized carbons (Fsp3) is 0.154. The molecule has 2 aromatic rings. The highest BCUT2D eigenvalue weighted by Gasteiger charge is 2.09. The lowest BCUT2D eigenvalue weighted by molar-refractivity contribution is 0.102. The lowest BCUT2D eigenvalue weighted by Crippen LogP contribution is -2.27. The second-order valence-electron chi connectivity index (χ2n) is 4.12. The first-order valence-electron chi connectivity index (χ1n) is 6.16. The van der Waals surface area contributed by atoms with Gasteiger partial charge < -0.3 is 20.8 Å². The van der Waals surface area contributed by atoms with Crippen molar-refractivity contribution in [1.82, 2.24) is 9.97 Å². The molecule has 21 heavy (non-hydrogen) atoms. The van der Waals surface area contributed by atoms with E-state index in [4.69, 9.17) is 10.5 Å². The maximum absolute atomic E-state index is 11.9.